The lowest BCUT2D eigenvalue weighted by Gasteiger charge is -2.12. The summed E-state index contributed by atoms with van der Waals surface area (Å²) in [5.74, 6) is -3.75. The number of hydrazone groups is 1. The van der Waals surface area contributed by atoms with E-state index in [1.165, 1.54) is 17.9 Å². The molecule has 2 heterocycles. The average Bonchev–Trinajstić information content (AvgIpc) is 3.03. The third-order valence-corrected chi connectivity index (χ3v) is 3.93. The van der Waals surface area contributed by atoms with Crippen LogP contribution in [0.3, 0.4) is 0 Å². The van der Waals surface area contributed by atoms with Crippen LogP contribution < -0.4 is 10.7 Å². The van der Waals surface area contributed by atoms with Gasteiger partial charge in [0.25, 0.3) is 5.78 Å². The number of hydrogen-bond donors (Lipinski definition) is 2. The van der Waals surface area contributed by atoms with Crippen LogP contribution in [0.4, 0.5) is 43.8 Å². The number of imidazole rings is 1. The maximum absolute atomic E-state index is 12.9. The van der Waals surface area contributed by atoms with Gasteiger partial charge in [0.15, 0.2) is 17.0 Å². The van der Waals surface area contributed by atoms with Crippen molar-refractivity contribution in [3.05, 3.63) is 35.6 Å². The minimum absolute atomic E-state index is 0.0151. The van der Waals surface area contributed by atoms with E-state index >= 15 is 0 Å². The summed E-state index contributed by atoms with van der Waals surface area (Å²) in [7, 11) is 1.52. The number of alkyl halides is 6. The number of rotatable bonds is 5. The van der Waals surface area contributed by atoms with Gasteiger partial charge in [-0.2, -0.15) is 41.4 Å². The number of nitrogens with one attached hydrogen (secondary N) is 2. The Morgan fingerprint density at radius 1 is 1.06 bits per heavy atom. The summed E-state index contributed by atoms with van der Waals surface area (Å²) in [6, 6.07) is 6.27. The minimum Gasteiger partial charge on any atom is -0.338 e. The van der Waals surface area contributed by atoms with Crippen molar-refractivity contribution in [2.75, 3.05) is 10.7 Å². The van der Waals surface area contributed by atoms with Crippen molar-refractivity contribution in [3.63, 3.8) is 0 Å². The van der Waals surface area contributed by atoms with E-state index in [1.807, 2.05) is 0 Å². The Morgan fingerprint density at radius 2 is 1.71 bits per heavy atom. The number of fused-ring (bicyclic) bond motifs is 1. The van der Waals surface area contributed by atoms with Gasteiger partial charge in [0.1, 0.15) is 0 Å². The van der Waals surface area contributed by atoms with E-state index in [0.717, 1.165) is 0 Å². The molecule has 15 heteroatoms. The number of halogens is 7. The molecular formula is C16H10ClF6N7O. The molecule has 3 aromatic rings. The summed E-state index contributed by atoms with van der Waals surface area (Å²) in [6.45, 7) is 0. The number of Topliss-reactive ketones (excluding diaryl/α,β-unsaturated/α-hetero) is 1. The van der Waals surface area contributed by atoms with Crippen LogP contribution >= 0.6 is 11.6 Å². The Bertz CT molecular complexity index is 1150. The normalized spacial score (nSPS) is 12.8. The van der Waals surface area contributed by atoms with Crippen molar-refractivity contribution in [3.8, 4) is 0 Å². The maximum atomic E-state index is 12.9. The summed E-state index contributed by atoms with van der Waals surface area (Å²) < 4.78 is 77.6. The van der Waals surface area contributed by atoms with Crippen LogP contribution in [0.25, 0.3) is 11.2 Å². The second kappa shape index (κ2) is 8.02. The lowest BCUT2D eigenvalue weighted by atomic mass is 10.2. The lowest BCUT2D eigenvalue weighted by molar-refractivity contribution is -0.166. The fourth-order valence-corrected chi connectivity index (χ4v) is 2.42. The highest BCUT2D eigenvalue weighted by atomic mass is 35.5. The van der Waals surface area contributed by atoms with Gasteiger partial charge in [-0.1, -0.05) is 11.6 Å². The first-order chi connectivity index (χ1) is 14.4. The van der Waals surface area contributed by atoms with Crippen molar-refractivity contribution in [2.45, 2.75) is 12.4 Å². The zero-order valence-electron chi connectivity index (χ0n) is 15.2. The lowest BCUT2D eigenvalue weighted by Crippen LogP contribution is -2.40. The van der Waals surface area contributed by atoms with Crippen molar-refractivity contribution in [1.82, 2.24) is 19.5 Å². The molecule has 0 bridgehead atoms. The monoisotopic (exact) mass is 465 g/mol. The zero-order chi connectivity index (χ0) is 23.0. The molecule has 0 atom stereocenters. The molecule has 3 rings (SSSR count). The number of carbonyl (C=O) groups is 1. The molecule has 0 aliphatic heterocycles. The first kappa shape index (κ1) is 22.3. The van der Waals surface area contributed by atoms with Crippen molar-refractivity contribution < 1.29 is 31.1 Å². The number of carbonyl (C=O) groups excluding carboxylic acids is 1. The summed E-state index contributed by atoms with van der Waals surface area (Å²) in [5, 5.41) is 5.88. The maximum Gasteiger partial charge on any atom is 0.456 e. The number of aromatic nitrogens is 4. The number of nitrogens with zero attached hydrogens (tertiary/aromatic N) is 5. The van der Waals surface area contributed by atoms with E-state index in [9.17, 15) is 31.1 Å². The van der Waals surface area contributed by atoms with Crippen LogP contribution in [0.15, 0.2) is 35.7 Å². The Balaban J connectivity index is 2.02. The van der Waals surface area contributed by atoms with Crippen molar-refractivity contribution in [2.24, 2.45) is 12.1 Å². The first-order valence-electron chi connectivity index (χ1n) is 8.10. The van der Waals surface area contributed by atoms with Gasteiger partial charge in [-0.15, -0.1) is 0 Å². The molecule has 0 amide bonds. The molecule has 0 radical (unpaired) electrons. The van der Waals surface area contributed by atoms with Crippen LogP contribution in [0.5, 0.6) is 0 Å². The van der Waals surface area contributed by atoms with Crippen LogP contribution in [-0.2, 0) is 11.8 Å². The summed E-state index contributed by atoms with van der Waals surface area (Å²) in [4.78, 5) is 22.9. The van der Waals surface area contributed by atoms with Gasteiger partial charge in [0.2, 0.25) is 11.7 Å². The SMILES string of the molecule is Cn1cnc2c(Nc3ccc(Cl)cc3)nc(N/N=C(\C(=O)C(F)(F)F)C(F)(F)F)nc21. The molecule has 0 fully saturated rings. The smallest absolute Gasteiger partial charge is 0.338 e. The summed E-state index contributed by atoms with van der Waals surface area (Å²) >= 11 is 5.81. The Hall–Kier alpha value is -3.42. The van der Waals surface area contributed by atoms with Gasteiger partial charge in [-0.25, -0.2) is 10.4 Å². The van der Waals surface area contributed by atoms with E-state index in [2.05, 4.69) is 25.4 Å². The molecule has 164 valence electrons. The fraction of sp³-hybridized carbons (Fsp3) is 0.188. The van der Waals surface area contributed by atoms with Gasteiger partial charge < -0.3 is 9.88 Å². The first-order valence-corrected chi connectivity index (χ1v) is 8.48. The topological polar surface area (TPSA) is 97.1 Å². The number of aryl methyl sites for hydroxylation is 1. The standard InChI is InChI=1S/C16H10ClF6N7O/c1-30-6-24-9-12(25-8-4-2-7(17)3-5-8)26-14(27-13(9)30)29-28-10(15(18,19)20)11(31)16(21,22)23/h2-6H,1H3,(H2,25,26,27,29)/b28-10+. The largest absolute Gasteiger partial charge is 0.456 e. The highest BCUT2D eigenvalue weighted by Crippen LogP contribution is 2.27. The highest BCUT2D eigenvalue weighted by molar-refractivity contribution is 6.44. The molecule has 2 aromatic heterocycles. The van der Waals surface area contributed by atoms with Gasteiger partial charge in [-0.3, -0.25) is 4.79 Å². The van der Waals surface area contributed by atoms with E-state index in [1.54, 1.807) is 29.7 Å². The van der Waals surface area contributed by atoms with Crippen molar-refractivity contribution in [1.29, 1.82) is 0 Å². The van der Waals surface area contributed by atoms with Gasteiger partial charge in [0.05, 0.1) is 6.33 Å². The molecule has 31 heavy (non-hydrogen) atoms. The van der Waals surface area contributed by atoms with E-state index in [4.69, 9.17) is 11.6 Å². The molecule has 0 saturated carbocycles. The molecule has 8 nitrogen and oxygen atoms in total. The number of hydrogen-bond acceptors (Lipinski definition) is 7. The van der Waals surface area contributed by atoms with Crippen molar-refractivity contribution >= 4 is 51.7 Å². The van der Waals surface area contributed by atoms with Gasteiger partial charge in [0, 0.05) is 17.8 Å². The zero-order valence-corrected chi connectivity index (χ0v) is 15.9. The molecule has 0 aliphatic carbocycles. The van der Waals surface area contributed by atoms with Gasteiger partial charge >= 0.3 is 12.4 Å². The Labute approximate surface area is 173 Å². The number of ketones is 1. The molecule has 0 spiro atoms. The van der Waals surface area contributed by atoms with Crippen LogP contribution in [0, 0.1) is 0 Å². The Kier molecular flexibility index (Phi) is 5.76. The van der Waals surface area contributed by atoms with Gasteiger partial charge in [-0.05, 0) is 24.3 Å². The fourth-order valence-electron chi connectivity index (χ4n) is 2.30. The van der Waals surface area contributed by atoms with E-state index < -0.39 is 29.8 Å². The molecule has 2 N–H and O–H groups in total. The second-order valence-electron chi connectivity index (χ2n) is 5.95. The Morgan fingerprint density at radius 3 is 2.29 bits per heavy atom. The highest BCUT2D eigenvalue weighted by Gasteiger charge is 2.52. The van der Waals surface area contributed by atoms with Crippen LogP contribution in [-0.4, -0.2) is 43.4 Å². The molecule has 0 saturated heterocycles. The van der Waals surface area contributed by atoms with Crippen LogP contribution in [0.2, 0.25) is 5.02 Å². The molecular weight excluding hydrogens is 456 g/mol. The number of benzene rings is 1. The average molecular weight is 466 g/mol. The van der Waals surface area contributed by atoms with E-state index in [-0.39, 0.29) is 17.0 Å². The summed E-state index contributed by atoms with van der Waals surface area (Å²) in [6.07, 6.45) is -10.1. The van der Waals surface area contributed by atoms with Crippen LogP contribution in [0.1, 0.15) is 0 Å². The molecule has 0 aliphatic rings. The second-order valence-corrected chi connectivity index (χ2v) is 6.39. The third kappa shape index (κ3) is 5.02. The third-order valence-electron chi connectivity index (χ3n) is 3.68. The van der Waals surface area contributed by atoms with E-state index in [0.29, 0.717) is 10.7 Å². The predicted molar refractivity (Wildman–Crippen MR) is 99.2 cm³/mol. The molecule has 1 aromatic carbocycles. The quantitative estimate of drug-likeness (QED) is 0.333. The minimum atomic E-state index is -5.77. The summed E-state index contributed by atoms with van der Waals surface area (Å²) in [5.41, 5.74) is -0.201. The molecule has 0 unspecified atom stereocenters. The predicted octanol–water partition coefficient (Wildman–Crippen LogP) is 4.22. The number of anilines is 3.